The van der Waals surface area contributed by atoms with Gasteiger partial charge in [-0.2, -0.15) is 0 Å². The zero-order valence-corrected chi connectivity index (χ0v) is 11.6. The number of aliphatic carboxylic acids is 1. The summed E-state index contributed by atoms with van der Waals surface area (Å²) in [6.45, 7) is 7.77. The topological polar surface area (TPSA) is 58.6 Å². The first kappa shape index (κ1) is 14.4. The molecule has 0 aliphatic heterocycles. The number of anilines is 1. The van der Waals surface area contributed by atoms with Gasteiger partial charge in [0.25, 0.3) is 0 Å². The van der Waals surface area contributed by atoms with Crippen molar-refractivity contribution in [3.63, 3.8) is 0 Å². The number of hydrogen-bond acceptors (Lipinski definition) is 3. The molecule has 4 heteroatoms. The minimum Gasteiger partial charge on any atom is -0.496 e. The fourth-order valence-electron chi connectivity index (χ4n) is 1.60. The summed E-state index contributed by atoms with van der Waals surface area (Å²) in [6.07, 6.45) is 0. The van der Waals surface area contributed by atoms with Crippen LogP contribution in [-0.2, 0) is 4.79 Å². The average Bonchev–Trinajstić information content (AvgIpc) is 2.31. The third kappa shape index (κ3) is 2.94. The van der Waals surface area contributed by atoms with Crippen LogP contribution in [0.2, 0.25) is 0 Å². The Labute approximate surface area is 108 Å². The van der Waals surface area contributed by atoms with Crippen LogP contribution in [0.25, 0.3) is 0 Å². The van der Waals surface area contributed by atoms with Gasteiger partial charge in [-0.05, 0) is 51.0 Å². The number of carbonyl (C=O) groups is 1. The van der Waals surface area contributed by atoms with E-state index in [1.807, 2.05) is 26.0 Å². The number of benzene rings is 1. The van der Waals surface area contributed by atoms with Crippen LogP contribution in [0.15, 0.2) is 12.1 Å². The van der Waals surface area contributed by atoms with Crippen LogP contribution in [0.4, 0.5) is 5.69 Å². The summed E-state index contributed by atoms with van der Waals surface area (Å²) in [5, 5.41) is 12.3. The highest BCUT2D eigenvalue weighted by Crippen LogP contribution is 2.28. The van der Waals surface area contributed by atoms with Crippen LogP contribution in [0.5, 0.6) is 5.75 Å². The number of carboxylic acid groups (broad SMARTS) is 1. The SMILES string of the molecule is COc1ccc(NCC(C)(C)C(=O)O)c(C)c1C. The Kier molecular flexibility index (Phi) is 4.22. The molecule has 1 rings (SSSR count). The molecule has 4 nitrogen and oxygen atoms in total. The molecule has 0 fully saturated rings. The lowest BCUT2D eigenvalue weighted by atomic mass is 9.93. The lowest BCUT2D eigenvalue weighted by Crippen LogP contribution is -2.31. The second-order valence-corrected chi connectivity index (χ2v) is 5.11. The van der Waals surface area contributed by atoms with Gasteiger partial charge in [-0.25, -0.2) is 0 Å². The molecule has 0 heterocycles. The molecule has 0 unspecified atom stereocenters. The minimum atomic E-state index is -0.808. The maximum absolute atomic E-state index is 11.0. The molecule has 0 aromatic heterocycles. The van der Waals surface area contributed by atoms with E-state index < -0.39 is 11.4 Å². The van der Waals surface area contributed by atoms with Gasteiger partial charge in [-0.3, -0.25) is 4.79 Å². The zero-order chi connectivity index (χ0) is 13.9. The van der Waals surface area contributed by atoms with Crippen LogP contribution in [-0.4, -0.2) is 24.7 Å². The van der Waals surface area contributed by atoms with Crippen LogP contribution < -0.4 is 10.1 Å². The van der Waals surface area contributed by atoms with Gasteiger partial charge in [0.15, 0.2) is 0 Å². The predicted octanol–water partition coefficient (Wildman–Crippen LogP) is 2.83. The summed E-state index contributed by atoms with van der Waals surface area (Å²) in [4.78, 5) is 11.0. The maximum Gasteiger partial charge on any atom is 0.310 e. The predicted molar refractivity (Wildman–Crippen MR) is 72.4 cm³/mol. The molecule has 18 heavy (non-hydrogen) atoms. The molecule has 0 amide bonds. The monoisotopic (exact) mass is 251 g/mol. The van der Waals surface area contributed by atoms with Gasteiger partial charge in [-0.15, -0.1) is 0 Å². The van der Waals surface area contributed by atoms with E-state index in [0.717, 1.165) is 22.6 Å². The third-order valence-corrected chi connectivity index (χ3v) is 3.26. The van der Waals surface area contributed by atoms with E-state index >= 15 is 0 Å². The highest BCUT2D eigenvalue weighted by molar-refractivity contribution is 5.74. The molecule has 0 saturated carbocycles. The lowest BCUT2D eigenvalue weighted by Gasteiger charge is -2.22. The summed E-state index contributed by atoms with van der Waals surface area (Å²) < 4.78 is 5.24. The van der Waals surface area contributed by atoms with Crippen LogP contribution >= 0.6 is 0 Å². The molecular weight excluding hydrogens is 230 g/mol. The average molecular weight is 251 g/mol. The van der Waals surface area contributed by atoms with Gasteiger partial charge >= 0.3 is 5.97 Å². The molecule has 1 aromatic rings. The smallest absolute Gasteiger partial charge is 0.310 e. The van der Waals surface area contributed by atoms with Crippen molar-refractivity contribution in [3.05, 3.63) is 23.3 Å². The lowest BCUT2D eigenvalue weighted by molar-refractivity contribution is -0.146. The van der Waals surface area contributed by atoms with E-state index in [4.69, 9.17) is 9.84 Å². The standard InChI is InChI=1S/C14H21NO3/c1-9-10(2)12(18-5)7-6-11(9)15-8-14(3,4)13(16)17/h6-7,15H,8H2,1-5H3,(H,16,17). The molecule has 2 N–H and O–H groups in total. The summed E-state index contributed by atoms with van der Waals surface area (Å²) >= 11 is 0. The quantitative estimate of drug-likeness (QED) is 0.844. The van der Waals surface area contributed by atoms with Crippen molar-refractivity contribution in [1.29, 1.82) is 0 Å². The van der Waals surface area contributed by atoms with E-state index in [2.05, 4.69) is 5.32 Å². The Bertz CT molecular complexity index is 453. The first-order valence-electron chi connectivity index (χ1n) is 5.91. The van der Waals surface area contributed by atoms with Crippen molar-refractivity contribution in [3.8, 4) is 5.75 Å². The van der Waals surface area contributed by atoms with Crippen molar-refractivity contribution in [2.24, 2.45) is 5.41 Å². The molecule has 0 aliphatic rings. The Morgan fingerprint density at radius 3 is 2.44 bits per heavy atom. The molecule has 0 bridgehead atoms. The van der Waals surface area contributed by atoms with Crippen LogP contribution in [0, 0.1) is 19.3 Å². The molecule has 0 radical (unpaired) electrons. The number of nitrogens with one attached hydrogen (secondary N) is 1. The van der Waals surface area contributed by atoms with E-state index in [1.165, 1.54) is 0 Å². The molecule has 0 atom stereocenters. The summed E-state index contributed by atoms with van der Waals surface area (Å²) in [7, 11) is 1.64. The second-order valence-electron chi connectivity index (χ2n) is 5.11. The summed E-state index contributed by atoms with van der Waals surface area (Å²) in [5.74, 6) is 0.0356. The Balaban J connectivity index is 2.87. The van der Waals surface area contributed by atoms with Crippen molar-refractivity contribution >= 4 is 11.7 Å². The molecule has 0 aliphatic carbocycles. The number of methoxy groups -OCH3 is 1. The fourth-order valence-corrected chi connectivity index (χ4v) is 1.60. The van der Waals surface area contributed by atoms with Crippen molar-refractivity contribution < 1.29 is 14.6 Å². The van der Waals surface area contributed by atoms with Crippen molar-refractivity contribution in [2.45, 2.75) is 27.7 Å². The molecule has 1 aromatic carbocycles. The number of hydrogen-bond donors (Lipinski definition) is 2. The Hall–Kier alpha value is -1.71. The first-order valence-corrected chi connectivity index (χ1v) is 5.91. The Morgan fingerprint density at radius 2 is 1.94 bits per heavy atom. The second kappa shape index (κ2) is 5.29. The summed E-state index contributed by atoms with van der Waals surface area (Å²) in [6, 6.07) is 3.80. The number of carboxylic acids is 1. The first-order chi connectivity index (χ1) is 8.29. The van der Waals surface area contributed by atoms with Crippen molar-refractivity contribution in [2.75, 3.05) is 19.0 Å². The largest absolute Gasteiger partial charge is 0.496 e. The fraction of sp³-hybridized carbons (Fsp3) is 0.500. The van der Waals surface area contributed by atoms with Gasteiger partial charge < -0.3 is 15.2 Å². The Morgan fingerprint density at radius 1 is 1.33 bits per heavy atom. The van der Waals surface area contributed by atoms with Gasteiger partial charge in [0.05, 0.1) is 12.5 Å². The van der Waals surface area contributed by atoms with Crippen LogP contribution in [0.1, 0.15) is 25.0 Å². The highest BCUT2D eigenvalue weighted by Gasteiger charge is 2.26. The van der Waals surface area contributed by atoms with Gasteiger partial charge in [-0.1, -0.05) is 0 Å². The van der Waals surface area contributed by atoms with Gasteiger partial charge in [0.2, 0.25) is 0 Å². The van der Waals surface area contributed by atoms with Gasteiger partial charge in [0, 0.05) is 12.2 Å². The van der Waals surface area contributed by atoms with E-state index in [9.17, 15) is 4.79 Å². The third-order valence-electron chi connectivity index (χ3n) is 3.26. The normalized spacial score (nSPS) is 11.2. The maximum atomic E-state index is 11.0. The summed E-state index contributed by atoms with van der Waals surface area (Å²) in [5.41, 5.74) is 2.30. The molecule has 0 spiro atoms. The highest BCUT2D eigenvalue weighted by atomic mass is 16.5. The van der Waals surface area contributed by atoms with Crippen molar-refractivity contribution in [1.82, 2.24) is 0 Å². The molecule has 0 saturated heterocycles. The van der Waals surface area contributed by atoms with Crippen LogP contribution in [0.3, 0.4) is 0 Å². The minimum absolute atomic E-state index is 0.384. The van der Waals surface area contributed by atoms with E-state index in [1.54, 1.807) is 21.0 Å². The number of rotatable bonds is 5. The van der Waals surface area contributed by atoms with E-state index in [0.29, 0.717) is 6.54 Å². The van der Waals surface area contributed by atoms with E-state index in [-0.39, 0.29) is 0 Å². The zero-order valence-electron chi connectivity index (χ0n) is 11.6. The van der Waals surface area contributed by atoms with Gasteiger partial charge in [0.1, 0.15) is 5.75 Å². The molecule has 100 valence electrons. The number of ether oxygens (including phenoxy) is 1. The molecular formula is C14H21NO3.